The number of ether oxygens (including phenoxy) is 1. The van der Waals surface area contributed by atoms with Crippen LogP contribution in [-0.4, -0.2) is 18.5 Å². The van der Waals surface area contributed by atoms with E-state index in [-0.39, 0.29) is 11.9 Å². The maximum absolute atomic E-state index is 10.7. The molecule has 0 N–H and O–H groups in total. The van der Waals surface area contributed by atoms with Crippen molar-refractivity contribution >= 4 is 5.78 Å². The van der Waals surface area contributed by atoms with Gasteiger partial charge in [0.05, 0.1) is 6.10 Å². The van der Waals surface area contributed by atoms with Gasteiger partial charge in [-0.15, -0.1) is 0 Å². The third-order valence-corrected chi connectivity index (χ3v) is 2.02. The minimum atomic E-state index is 0.0804. The second-order valence-corrected chi connectivity index (χ2v) is 3.94. The molecule has 2 heteroatoms. The lowest BCUT2D eigenvalue weighted by Gasteiger charge is -2.15. The molecular weight excluding hydrogens is 164 g/mol. The lowest BCUT2D eigenvalue weighted by atomic mass is 10.1. The molecule has 0 rings (SSSR count). The molecule has 0 aliphatic rings. The first-order valence-corrected chi connectivity index (χ1v) is 5.17. The lowest BCUT2D eigenvalue weighted by Crippen LogP contribution is -2.16. The third kappa shape index (κ3) is 7.97. The summed E-state index contributed by atoms with van der Waals surface area (Å²) in [6.45, 7) is 8.71. The van der Waals surface area contributed by atoms with Crippen molar-refractivity contribution in [3.05, 3.63) is 0 Å². The topological polar surface area (TPSA) is 26.3 Å². The predicted octanol–water partition coefficient (Wildman–Crippen LogP) is 2.81. The van der Waals surface area contributed by atoms with Gasteiger partial charge in [0.2, 0.25) is 0 Å². The maximum Gasteiger partial charge on any atom is 0.132 e. The molecule has 0 heterocycles. The van der Waals surface area contributed by atoms with Gasteiger partial charge in [0, 0.05) is 13.0 Å². The van der Waals surface area contributed by atoms with Gasteiger partial charge in [-0.25, -0.2) is 0 Å². The van der Waals surface area contributed by atoms with E-state index >= 15 is 0 Å². The number of Topliss-reactive ketones (excluding diaryl/α,β-unsaturated/α-hetero) is 1. The van der Waals surface area contributed by atoms with Crippen LogP contribution in [0.4, 0.5) is 0 Å². The molecule has 13 heavy (non-hydrogen) atoms. The molecule has 78 valence electrons. The van der Waals surface area contributed by atoms with E-state index in [9.17, 15) is 4.79 Å². The zero-order chi connectivity index (χ0) is 10.3. The average Bonchev–Trinajstić information content (AvgIpc) is 2.00. The Balaban J connectivity index is 3.45. The zero-order valence-corrected chi connectivity index (χ0v) is 9.30. The van der Waals surface area contributed by atoms with E-state index in [1.165, 1.54) is 12.8 Å². The summed E-state index contributed by atoms with van der Waals surface area (Å²) in [5.74, 6) is 0.815. The number of hydrogen-bond donors (Lipinski definition) is 0. The van der Waals surface area contributed by atoms with Gasteiger partial charge in [-0.1, -0.05) is 20.3 Å². The fourth-order valence-electron chi connectivity index (χ4n) is 1.37. The van der Waals surface area contributed by atoms with Crippen molar-refractivity contribution in [3.63, 3.8) is 0 Å². The molecule has 0 spiro atoms. The van der Waals surface area contributed by atoms with Crippen LogP contribution in [0.15, 0.2) is 0 Å². The van der Waals surface area contributed by atoms with Crippen LogP contribution >= 0.6 is 0 Å². The van der Waals surface area contributed by atoms with E-state index < -0.39 is 0 Å². The molecule has 0 aliphatic heterocycles. The van der Waals surface area contributed by atoms with Gasteiger partial charge in [0.25, 0.3) is 0 Å². The fraction of sp³-hybridized carbons (Fsp3) is 0.909. The first kappa shape index (κ1) is 12.6. The van der Waals surface area contributed by atoms with Gasteiger partial charge < -0.3 is 4.74 Å². The molecule has 0 bridgehead atoms. The number of rotatable bonds is 7. The van der Waals surface area contributed by atoms with Crippen LogP contribution in [0, 0.1) is 5.92 Å². The summed E-state index contributed by atoms with van der Waals surface area (Å²) in [5.41, 5.74) is 0. The molecule has 0 aromatic rings. The SMILES string of the molecule is CCCC(C)COC(C)CC(C)=O. The number of carbonyl (C=O) groups is 1. The minimum absolute atomic E-state index is 0.0804. The standard InChI is InChI=1S/C11H22O2/c1-5-6-9(2)8-13-11(4)7-10(3)12/h9,11H,5-8H2,1-4H3. The Morgan fingerprint density at radius 3 is 2.46 bits per heavy atom. The molecule has 2 unspecified atom stereocenters. The van der Waals surface area contributed by atoms with Crippen LogP contribution in [0.1, 0.15) is 47.0 Å². The summed E-state index contributed by atoms with van der Waals surface area (Å²) in [7, 11) is 0. The van der Waals surface area contributed by atoms with Crippen LogP contribution in [0.3, 0.4) is 0 Å². The van der Waals surface area contributed by atoms with Crippen LogP contribution < -0.4 is 0 Å². The second-order valence-electron chi connectivity index (χ2n) is 3.94. The second kappa shape index (κ2) is 7.07. The Hall–Kier alpha value is -0.370. The highest BCUT2D eigenvalue weighted by Crippen LogP contribution is 2.08. The number of ketones is 1. The quantitative estimate of drug-likeness (QED) is 0.611. The third-order valence-electron chi connectivity index (χ3n) is 2.02. The van der Waals surface area contributed by atoms with Crippen molar-refractivity contribution in [3.8, 4) is 0 Å². The summed E-state index contributed by atoms with van der Waals surface area (Å²) < 4.78 is 5.55. The Kier molecular flexibility index (Phi) is 6.87. The van der Waals surface area contributed by atoms with E-state index in [2.05, 4.69) is 13.8 Å². The van der Waals surface area contributed by atoms with Crippen molar-refractivity contribution in [2.75, 3.05) is 6.61 Å². The van der Waals surface area contributed by atoms with Crippen molar-refractivity contribution < 1.29 is 9.53 Å². The fourth-order valence-corrected chi connectivity index (χ4v) is 1.37. The van der Waals surface area contributed by atoms with E-state index in [4.69, 9.17) is 4.74 Å². The van der Waals surface area contributed by atoms with E-state index in [1.54, 1.807) is 6.92 Å². The summed E-state index contributed by atoms with van der Waals surface area (Å²) >= 11 is 0. The first-order chi connectivity index (χ1) is 6.06. The summed E-state index contributed by atoms with van der Waals surface area (Å²) in [6, 6.07) is 0. The Bertz CT molecular complexity index is 143. The Morgan fingerprint density at radius 1 is 1.38 bits per heavy atom. The van der Waals surface area contributed by atoms with E-state index in [1.807, 2.05) is 6.92 Å². The molecule has 2 nitrogen and oxygen atoms in total. The predicted molar refractivity (Wildman–Crippen MR) is 54.8 cm³/mol. The van der Waals surface area contributed by atoms with Crippen LogP contribution in [0.5, 0.6) is 0 Å². The average molecular weight is 186 g/mol. The Labute approximate surface area is 81.7 Å². The maximum atomic E-state index is 10.7. The highest BCUT2D eigenvalue weighted by molar-refractivity contribution is 5.75. The molecule has 0 aromatic carbocycles. The van der Waals surface area contributed by atoms with Crippen molar-refractivity contribution in [1.29, 1.82) is 0 Å². The molecule has 0 radical (unpaired) electrons. The van der Waals surface area contributed by atoms with Gasteiger partial charge in [0.1, 0.15) is 5.78 Å². The zero-order valence-electron chi connectivity index (χ0n) is 9.30. The van der Waals surface area contributed by atoms with Crippen LogP contribution in [-0.2, 0) is 9.53 Å². The number of hydrogen-bond acceptors (Lipinski definition) is 2. The highest BCUT2D eigenvalue weighted by atomic mass is 16.5. The van der Waals surface area contributed by atoms with Crippen LogP contribution in [0.2, 0.25) is 0 Å². The molecule has 0 aromatic heterocycles. The van der Waals surface area contributed by atoms with Crippen molar-refractivity contribution in [1.82, 2.24) is 0 Å². The van der Waals surface area contributed by atoms with Gasteiger partial charge in [-0.3, -0.25) is 4.79 Å². The smallest absolute Gasteiger partial charge is 0.132 e. The highest BCUT2D eigenvalue weighted by Gasteiger charge is 2.07. The van der Waals surface area contributed by atoms with Gasteiger partial charge in [-0.05, 0) is 26.2 Å². The molecule has 0 aliphatic carbocycles. The van der Waals surface area contributed by atoms with Gasteiger partial charge in [0.15, 0.2) is 0 Å². The summed E-state index contributed by atoms with van der Waals surface area (Å²) in [5, 5.41) is 0. The van der Waals surface area contributed by atoms with Crippen molar-refractivity contribution in [2.45, 2.75) is 53.1 Å². The molecular formula is C11H22O2. The number of carbonyl (C=O) groups excluding carboxylic acids is 1. The van der Waals surface area contributed by atoms with Gasteiger partial charge >= 0.3 is 0 Å². The molecule has 0 amide bonds. The first-order valence-electron chi connectivity index (χ1n) is 5.17. The van der Waals surface area contributed by atoms with E-state index in [0.29, 0.717) is 12.3 Å². The molecule has 0 fully saturated rings. The molecule has 0 saturated carbocycles. The summed E-state index contributed by atoms with van der Waals surface area (Å²) in [4.78, 5) is 10.7. The largest absolute Gasteiger partial charge is 0.378 e. The summed E-state index contributed by atoms with van der Waals surface area (Å²) in [6.07, 6.45) is 3.02. The monoisotopic (exact) mass is 186 g/mol. The van der Waals surface area contributed by atoms with Crippen LogP contribution in [0.25, 0.3) is 0 Å². The van der Waals surface area contributed by atoms with Crippen molar-refractivity contribution in [2.24, 2.45) is 5.92 Å². The molecule has 0 saturated heterocycles. The normalized spacial score (nSPS) is 15.4. The van der Waals surface area contributed by atoms with E-state index in [0.717, 1.165) is 6.61 Å². The minimum Gasteiger partial charge on any atom is -0.378 e. The Morgan fingerprint density at radius 2 is 2.00 bits per heavy atom. The molecule has 2 atom stereocenters. The lowest BCUT2D eigenvalue weighted by molar-refractivity contribution is -0.119. The van der Waals surface area contributed by atoms with Gasteiger partial charge in [-0.2, -0.15) is 0 Å².